The third-order valence-electron chi connectivity index (χ3n) is 3.79. The minimum absolute atomic E-state index is 0.609. The monoisotopic (exact) mass is 249 g/mol. The molecule has 1 unspecified atom stereocenters. The number of rotatable bonds is 8. The summed E-state index contributed by atoms with van der Waals surface area (Å²) in [5.74, 6) is 1.72. The van der Waals surface area contributed by atoms with E-state index in [9.17, 15) is 0 Å². The summed E-state index contributed by atoms with van der Waals surface area (Å²) in [6, 6.07) is 8.95. The first-order valence-electron chi connectivity index (χ1n) is 7.07. The van der Waals surface area contributed by atoms with Crippen LogP contribution in [0.4, 0.5) is 0 Å². The highest BCUT2D eigenvalue weighted by Crippen LogP contribution is 2.13. The predicted octanol–water partition coefficient (Wildman–Crippen LogP) is 3.65. The maximum Gasteiger partial charge on any atom is 0.118 e. The molecule has 0 aliphatic heterocycles. The van der Waals surface area contributed by atoms with E-state index in [4.69, 9.17) is 4.74 Å². The van der Waals surface area contributed by atoms with E-state index in [1.54, 1.807) is 7.11 Å². The minimum atomic E-state index is 0.609. The van der Waals surface area contributed by atoms with E-state index >= 15 is 0 Å². The van der Waals surface area contributed by atoms with Gasteiger partial charge >= 0.3 is 0 Å². The Hall–Kier alpha value is -1.02. The molecule has 0 radical (unpaired) electrons. The van der Waals surface area contributed by atoms with Crippen LogP contribution in [0.15, 0.2) is 24.3 Å². The van der Waals surface area contributed by atoms with Crippen molar-refractivity contribution in [1.29, 1.82) is 0 Å². The van der Waals surface area contributed by atoms with Crippen molar-refractivity contribution < 1.29 is 4.74 Å². The lowest BCUT2D eigenvalue weighted by atomic mass is 9.95. The largest absolute Gasteiger partial charge is 0.497 e. The fourth-order valence-electron chi connectivity index (χ4n) is 2.40. The summed E-state index contributed by atoms with van der Waals surface area (Å²) in [6.07, 6.45) is 3.59. The molecule has 0 saturated carbocycles. The molecule has 18 heavy (non-hydrogen) atoms. The van der Waals surface area contributed by atoms with Gasteiger partial charge in [0.05, 0.1) is 7.11 Å². The lowest BCUT2D eigenvalue weighted by Crippen LogP contribution is -2.34. The summed E-state index contributed by atoms with van der Waals surface area (Å²) in [5, 5.41) is 3.63. The van der Waals surface area contributed by atoms with Gasteiger partial charge in [-0.2, -0.15) is 0 Å². The van der Waals surface area contributed by atoms with Gasteiger partial charge < -0.3 is 10.1 Å². The topological polar surface area (TPSA) is 21.3 Å². The Labute approximate surface area is 112 Å². The molecule has 0 aromatic heterocycles. The van der Waals surface area contributed by atoms with Crippen molar-refractivity contribution in [2.75, 3.05) is 13.7 Å². The first kappa shape index (κ1) is 15.0. The Morgan fingerprint density at radius 2 is 1.72 bits per heavy atom. The molecule has 0 aliphatic rings. The van der Waals surface area contributed by atoms with Crippen LogP contribution in [0.3, 0.4) is 0 Å². The summed E-state index contributed by atoms with van der Waals surface area (Å²) in [4.78, 5) is 0. The van der Waals surface area contributed by atoms with Crippen LogP contribution in [0.25, 0.3) is 0 Å². The fourth-order valence-corrected chi connectivity index (χ4v) is 2.40. The molecule has 1 aromatic carbocycles. The van der Waals surface area contributed by atoms with Crippen LogP contribution in [-0.4, -0.2) is 19.7 Å². The number of ether oxygens (including phenoxy) is 1. The quantitative estimate of drug-likeness (QED) is 0.759. The van der Waals surface area contributed by atoms with Gasteiger partial charge in [0.2, 0.25) is 0 Å². The van der Waals surface area contributed by atoms with Crippen LogP contribution < -0.4 is 10.1 Å². The van der Waals surface area contributed by atoms with E-state index in [0.717, 1.165) is 24.6 Å². The van der Waals surface area contributed by atoms with Crippen LogP contribution in [0.2, 0.25) is 0 Å². The second-order valence-corrected chi connectivity index (χ2v) is 4.92. The van der Waals surface area contributed by atoms with Crippen molar-refractivity contribution in [1.82, 2.24) is 5.32 Å². The maximum atomic E-state index is 5.16. The van der Waals surface area contributed by atoms with Gasteiger partial charge in [0, 0.05) is 6.04 Å². The number of nitrogens with one attached hydrogen (secondary N) is 1. The van der Waals surface area contributed by atoms with E-state index in [0.29, 0.717) is 6.04 Å². The van der Waals surface area contributed by atoms with Gasteiger partial charge in [-0.3, -0.25) is 0 Å². The Morgan fingerprint density at radius 1 is 1.11 bits per heavy atom. The van der Waals surface area contributed by atoms with Gasteiger partial charge in [-0.25, -0.2) is 0 Å². The first-order valence-corrected chi connectivity index (χ1v) is 7.07. The molecule has 0 bridgehead atoms. The van der Waals surface area contributed by atoms with Crippen LogP contribution in [0.1, 0.15) is 39.2 Å². The van der Waals surface area contributed by atoms with E-state index in [-0.39, 0.29) is 0 Å². The zero-order valence-corrected chi connectivity index (χ0v) is 12.2. The van der Waals surface area contributed by atoms with Gasteiger partial charge in [0.25, 0.3) is 0 Å². The van der Waals surface area contributed by atoms with Gasteiger partial charge in [0.1, 0.15) is 5.75 Å². The summed E-state index contributed by atoms with van der Waals surface area (Å²) < 4.78 is 5.16. The molecule has 1 rings (SSSR count). The highest BCUT2D eigenvalue weighted by atomic mass is 16.5. The molecule has 0 aliphatic carbocycles. The molecule has 2 nitrogen and oxygen atoms in total. The van der Waals surface area contributed by atoms with Crippen molar-refractivity contribution in [2.24, 2.45) is 5.92 Å². The van der Waals surface area contributed by atoms with Crippen molar-refractivity contribution in [3.63, 3.8) is 0 Å². The highest BCUT2D eigenvalue weighted by molar-refractivity contribution is 5.27. The predicted molar refractivity (Wildman–Crippen MR) is 78.2 cm³/mol. The lowest BCUT2D eigenvalue weighted by molar-refractivity contribution is 0.356. The zero-order chi connectivity index (χ0) is 13.4. The van der Waals surface area contributed by atoms with Crippen molar-refractivity contribution >= 4 is 0 Å². The fraction of sp³-hybridized carbons (Fsp3) is 0.625. The average molecular weight is 249 g/mol. The Morgan fingerprint density at radius 3 is 2.22 bits per heavy atom. The van der Waals surface area contributed by atoms with Gasteiger partial charge in [-0.15, -0.1) is 0 Å². The van der Waals surface area contributed by atoms with Gasteiger partial charge in [0.15, 0.2) is 0 Å². The van der Waals surface area contributed by atoms with Gasteiger partial charge in [-0.05, 0) is 43.5 Å². The molecule has 1 aromatic rings. The molecule has 1 atom stereocenters. The van der Waals surface area contributed by atoms with E-state index in [1.807, 2.05) is 12.1 Å². The summed E-state index contributed by atoms with van der Waals surface area (Å²) in [6.45, 7) is 7.89. The second-order valence-electron chi connectivity index (χ2n) is 4.92. The van der Waals surface area contributed by atoms with Crippen LogP contribution >= 0.6 is 0 Å². The minimum Gasteiger partial charge on any atom is -0.497 e. The van der Waals surface area contributed by atoms with E-state index in [2.05, 4.69) is 38.2 Å². The molecule has 0 heterocycles. The van der Waals surface area contributed by atoms with Crippen molar-refractivity contribution in [2.45, 2.75) is 46.1 Å². The average Bonchev–Trinajstić information content (AvgIpc) is 2.41. The third-order valence-corrected chi connectivity index (χ3v) is 3.79. The smallest absolute Gasteiger partial charge is 0.118 e. The molecule has 0 amide bonds. The van der Waals surface area contributed by atoms with Crippen LogP contribution in [0, 0.1) is 5.92 Å². The zero-order valence-electron chi connectivity index (χ0n) is 12.2. The third kappa shape index (κ3) is 4.69. The number of benzene rings is 1. The SMILES string of the molecule is CCC(CC)C(C)NCCc1ccc(OC)cc1. The van der Waals surface area contributed by atoms with E-state index in [1.165, 1.54) is 18.4 Å². The van der Waals surface area contributed by atoms with Crippen LogP contribution in [0.5, 0.6) is 5.75 Å². The van der Waals surface area contributed by atoms with Crippen molar-refractivity contribution in [3.8, 4) is 5.75 Å². The molecule has 0 spiro atoms. The molecule has 2 heteroatoms. The number of hydrogen-bond acceptors (Lipinski definition) is 2. The molecule has 0 saturated heterocycles. The van der Waals surface area contributed by atoms with Crippen LogP contribution in [-0.2, 0) is 6.42 Å². The molecular weight excluding hydrogens is 222 g/mol. The van der Waals surface area contributed by atoms with Crippen molar-refractivity contribution in [3.05, 3.63) is 29.8 Å². The molecule has 0 fully saturated rings. The molecule has 1 N–H and O–H groups in total. The summed E-state index contributed by atoms with van der Waals surface area (Å²) in [7, 11) is 1.70. The molecular formula is C16H27NO. The Kier molecular flexibility index (Phi) is 6.81. The maximum absolute atomic E-state index is 5.16. The van der Waals surface area contributed by atoms with Gasteiger partial charge in [-0.1, -0.05) is 38.8 Å². The Balaban J connectivity index is 2.32. The second kappa shape index (κ2) is 8.15. The summed E-state index contributed by atoms with van der Waals surface area (Å²) >= 11 is 0. The molecule has 102 valence electrons. The normalized spacial score (nSPS) is 12.7. The lowest BCUT2D eigenvalue weighted by Gasteiger charge is -2.22. The first-order chi connectivity index (χ1) is 8.71. The highest BCUT2D eigenvalue weighted by Gasteiger charge is 2.11. The summed E-state index contributed by atoms with van der Waals surface area (Å²) in [5.41, 5.74) is 1.36. The number of methoxy groups -OCH3 is 1. The Bertz CT molecular complexity index is 316. The standard InChI is InChI=1S/C16H27NO/c1-5-15(6-2)13(3)17-12-11-14-7-9-16(18-4)10-8-14/h7-10,13,15,17H,5-6,11-12H2,1-4H3. The number of hydrogen-bond donors (Lipinski definition) is 1. The van der Waals surface area contributed by atoms with E-state index < -0.39 is 0 Å².